The summed E-state index contributed by atoms with van der Waals surface area (Å²) in [5.74, 6) is 3.75. The maximum absolute atomic E-state index is 2.33. The highest BCUT2D eigenvalue weighted by atomic mass is 32.2. The summed E-state index contributed by atoms with van der Waals surface area (Å²) in [5, 5.41) is 1.05. The molecule has 1 aliphatic carbocycles. The van der Waals surface area contributed by atoms with Gasteiger partial charge in [-0.3, -0.25) is 0 Å². The Balaban J connectivity index is 1.97. The third kappa shape index (κ3) is 0.813. The number of hydrogen-bond acceptors (Lipinski definition) is 1. The van der Waals surface area contributed by atoms with Gasteiger partial charge in [0.15, 0.2) is 0 Å². The molecule has 1 aliphatic heterocycles. The lowest BCUT2D eigenvalue weighted by Crippen LogP contribution is -2.28. The minimum Gasteiger partial charge on any atom is -0.158 e. The number of rotatable bonds is 1. The van der Waals surface area contributed by atoms with E-state index in [1.807, 2.05) is 0 Å². The number of hydrogen-bond donors (Lipinski definition) is 0. The Hall–Kier alpha value is 0.350. The molecule has 0 bridgehead atoms. The van der Waals surface area contributed by atoms with Crippen molar-refractivity contribution in [1.82, 2.24) is 0 Å². The van der Waals surface area contributed by atoms with Crippen LogP contribution in [0.25, 0.3) is 0 Å². The van der Waals surface area contributed by atoms with Gasteiger partial charge in [0.1, 0.15) is 0 Å². The van der Waals surface area contributed by atoms with Crippen LogP contribution in [0.1, 0.15) is 26.2 Å². The van der Waals surface area contributed by atoms with Gasteiger partial charge in [-0.15, -0.1) is 0 Å². The Morgan fingerprint density at radius 1 is 1.44 bits per heavy atom. The second-order valence-electron chi connectivity index (χ2n) is 3.28. The van der Waals surface area contributed by atoms with Crippen molar-refractivity contribution in [2.75, 3.05) is 5.75 Å². The average molecular weight is 142 g/mol. The molecule has 52 valence electrons. The first kappa shape index (κ1) is 6.09. The summed E-state index contributed by atoms with van der Waals surface area (Å²) in [5.41, 5.74) is 0. The third-order valence-electron chi connectivity index (χ3n) is 2.88. The summed E-state index contributed by atoms with van der Waals surface area (Å²) < 4.78 is 0. The molecule has 1 saturated carbocycles. The van der Waals surface area contributed by atoms with Crippen LogP contribution in [-0.4, -0.2) is 11.0 Å². The van der Waals surface area contributed by atoms with E-state index in [2.05, 4.69) is 18.7 Å². The predicted molar refractivity (Wildman–Crippen MR) is 42.8 cm³/mol. The van der Waals surface area contributed by atoms with Crippen LogP contribution in [0.5, 0.6) is 0 Å². The normalized spacial score (nSPS) is 48.3. The van der Waals surface area contributed by atoms with E-state index in [1.54, 1.807) is 0 Å². The third-order valence-corrected chi connectivity index (χ3v) is 4.61. The van der Waals surface area contributed by atoms with Crippen molar-refractivity contribution in [1.29, 1.82) is 0 Å². The van der Waals surface area contributed by atoms with Crippen molar-refractivity contribution in [2.45, 2.75) is 31.4 Å². The Kier molecular flexibility index (Phi) is 1.48. The molecular weight excluding hydrogens is 128 g/mol. The molecule has 2 rings (SSSR count). The van der Waals surface area contributed by atoms with Crippen LogP contribution in [0.15, 0.2) is 0 Å². The van der Waals surface area contributed by atoms with Crippen LogP contribution in [0.4, 0.5) is 0 Å². The van der Waals surface area contributed by atoms with E-state index in [0.29, 0.717) is 0 Å². The van der Waals surface area contributed by atoms with E-state index in [4.69, 9.17) is 0 Å². The van der Waals surface area contributed by atoms with E-state index >= 15 is 0 Å². The standard InChI is InChI=1S/C8H14S/c1-2-8-7-4-3-6(7)5-9-8/h6-8H,2-5H2,1H3/t6-,7?,8+/m1/s1. The van der Waals surface area contributed by atoms with E-state index < -0.39 is 0 Å². The lowest BCUT2D eigenvalue weighted by atomic mass is 9.73. The maximum Gasteiger partial charge on any atom is 0.00757 e. The number of thioether (sulfide) groups is 1. The zero-order valence-electron chi connectivity index (χ0n) is 5.97. The van der Waals surface area contributed by atoms with E-state index in [-0.39, 0.29) is 0 Å². The molecule has 1 saturated heterocycles. The second kappa shape index (κ2) is 2.19. The molecule has 1 heterocycles. The number of fused-ring (bicyclic) bond motifs is 1. The van der Waals surface area contributed by atoms with Gasteiger partial charge in [-0.25, -0.2) is 0 Å². The van der Waals surface area contributed by atoms with Crippen LogP contribution < -0.4 is 0 Å². The molecule has 0 aromatic carbocycles. The Morgan fingerprint density at radius 2 is 2.33 bits per heavy atom. The highest BCUT2D eigenvalue weighted by molar-refractivity contribution is 8.00. The van der Waals surface area contributed by atoms with Gasteiger partial charge in [0.25, 0.3) is 0 Å². The average Bonchev–Trinajstić information content (AvgIpc) is 2.07. The predicted octanol–water partition coefficient (Wildman–Crippen LogP) is 2.54. The molecular formula is C8H14S. The smallest absolute Gasteiger partial charge is 0.00757 e. The highest BCUT2D eigenvalue weighted by Gasteiger charge is 2.41. The van der Waals surface area contributed by atoms with Gasteiger partial charge < -0.3 is 0 Å². The van der Waals surface area contributed by atoms with E-state index in [9.17, 15) is 0 Å². The van der Waals surface area contributed by atoms with Gasteiger partial charge in [-0.1, -0.05) is 6.92 Å². The SMILES string of the molecule is CC[C@@H]1SC[C@H]2CCC21. The summed E-state index contributed by atoms with van der Waals surface area (Å²) in [6.07, 6.45) is 4.48. The highest BCUT2D eigenvalue weighted by Crippen LogP contribution is 2.50. The van der Waals surface area contributed by atoms with Gasteiger partial charge in [-0.05, 0) is 36.9 Å². The molecule has 0 nitrogen and oxygen atoms in total. The van der Waals surface area contributed by atoms with Crippen molar-refractivity contribution in [3.05, 3.63) is 0 Å². The topological polar surface area (TPSA) is 0 Å². The van der Waals surface area contributed by atoms with Crippen molar-refractivity contribution < 1.29 is 0 Å². The fraction of sp³-hybridized carbons (Fsp3) is 1.00. The van der Waals surface area contributed by atoms with Crippen molar-refractivity contribution >= 4 is 11.8 Å². The second-order valence-corrected chi connectivity index (χ2v) is 4.55. The summed E-state index contributed by atoms with van der Waals surface area (Å²) >= 11 is 2.22. The van der Waals surface area contributed by atoms with Crippen LogP contribution in [0, 0.1) is 11.8 Å². The fourth-order valence-electron chi connectivity index (χ4n) is 2.08. The summed E-state index contributed by atoms with van der Waals surface area (Å²) in [4.78, 5) is 0. The molecule has 9 heavy (non-hydrogen) atoms. The lowest BCUT2D eigenvalue weighted by Gasteiger charge is -2.32. The molecule has 0 spiro atoms. The molecule has 2 aliphatic rings. The van der Waals surface area contributed by atoms with Gasteiger partial charge in [0, 0.05) is 5.25 Å². The van der Waals surface area contributed by atoms with Crippen molar-refractivity contribution in [3.8, 4) is 0 Å². The first-order valence-corrected chi connectivity index (χ1v) is 5.08. The minimum absolute atomic E-state index is 1.05. The molecule has 0 aromatic heterocycles. The zero-order chi connectivity index (χ0) is 6.27. The molecule has 1 unspecified atom stereocenters. The Labute approximate surface area is 61.4 Å². The van der Waals surface area contributed by atoms with Crippen molar-refractivity contribution in [2.24, 2.45) is 11.8 Å². The molecule has 2 fully saturated rings. The quantitative estimate of drug-likeness (QED) is 0.542. The first-order valence-electron chi connectivity index (χ1n) is 4.03. The minimum atomic E-state index is 1.05. The fourth-order valence-corrected chi connectivity index (χ4v) is 3.83. The molecule has 0 radical (unpaired) electrons. The van der Waals surface area contributed by atoms with E-state index in [1.165, 1.54) is 25.0 Å². The van der Waals surface area contributed by atoms with Gasteiger partial charge in [-0.2, -0.15) is 11.8 Å². The van der Waals surface area contributed by atoms with Crippen LogP contribution in [0.2, 0.25) is 0 Å². The summed E-state index contributed by atoms with van der Waals surface area (Å²) in [7, 11) is 0. The monoisotopic (exact) mass is 142 g/mol. The van der Waals surface area contributed by atoms with Gasteiger partial charge in [0.2, 0.25) is 0 Å². The molecule has 0 amide bonds. The molecule has 3 atom stereocenters. The molecule has 1 heteroatoms. The Bertz CT molecular complexity index is 109. The van der Waals surface area contributed by atoms with Crippen LogP contribution >= 0.6 is 11.8 Å². The van der Waals surface area contributed by atoms with Crippen LogP contribution in [0.3, 0.4) is 0 Å². The zero-order valence-corrected chi connectivity index (χ0v) is 6.79. The lowest BCUT2D eigenvalue weighted by molar-refractivity contribution is 0.210. The maximum atomic E-state index is 2.33. The Morgan fingerprint density at radius 3 is 2.67 bits per heavy atom. The van der Waals surface area contributed by atoms with Crippen molar-refractivity contribution in [3.63, 3.8) is 0 Å². The summed E-state index contributed by atoms with van der Waals surface area (Å²) in [6, 6.07) is 0. The largest absolute Gasteiger partial charge is 0.158 e. The first-order chi connectivity index (χ1) is 4.42. The van der Waals surface area contributed by atoms with E-state index in [0.717, 1.165) is 17.1 Å². The molecule has 0 N–H and O–H groups in total. The molecule has 0 aromatic rings. The van der Waals surface area contributed by atoms with Crippen LogP contribution in [-0.2, 0) is 0 Å². The van der Waals surface area contributed by atoms with Gasteiger partial charge >= 0.3 is 0 Å². The summed E-state index contributed by atoms with van der Waals surface area (Å²) in [6.45, 7) is 2.33. The van der Waals surface area contributed by atoms with Gasteiger partial charge in [0.05, 0.1) is 0 Å².